The van der Waals surface area contributed by atoms with E-state index in [9.17, 15) is 8.42 Å². The van der Waals surface area contributed by atoms with Crippen LogP contribution < -0.4 is 0 Å². The zero-order valence-electron chi connectivity index (χ0n) is 12.8. The number of pyridine rings is 1. The third-order valence-corrected chi connectivity index (χ3v) is 6.54. The normalized spacial score (nSPS) is 25.5. The minimum Gasteiger partial charge on any atom is -0.264 e. The Balaban J connectivity index is 1.64. The molecule has 0 N–H and O–H groups in total. The first-order valence-electron chi connectivity index (χ1n) is 7.66. The molecule has 0 atom stereocenters. The molecule has 2 bridgehead atoms. The second-order valence-corrected chi connectivity index (χ2v) is 9.20. The summed E-state index contributed by atoms with van der Waals surface area (Å²) in [5, 5.41) is 9.47. The summed E-state index contributed by atoms with van der Waals surface area (Å²) >= 11 is 6.04. The fraction of sp³-hybridized carbons (Fsp3) is 0.400. The minimum atomic E-state index is -3.51. The summed E-state index contributed by atoms with van der Waals surface area (Å²) in [6.45, 7) is 0. The van der Waals surface area contributed by atoms with Gasteiger partial charge in [-0.25, -0.2) is 18.1 Å². The molecule has 0 radical (unpaired) electrons. The Morgan fingerprint density at radius 2 is 2.00 bits per heavy atom. The summed E-state index contributed by atoms with van der Waals surface area (Å²) < 4.78 is 27.3. The number of fused-ring (bicyclic) bond motifs is 1. The van der Waals surface area contributed by atoms with Crippen molar-refractivity contribution in [3.63, 3.8) is 0 Å². The Kier molecular flexibility index (Phi) is 2.62. The monoisotopic (exact) mass is 363 g/mol. The van der Waals surface area contributed by atoms with Crippen LogP contribution >= 0.6 is 11.6 Å². The Morgan fingerprint density at radius 3 is 2.62 bits per heavy atom. The molecule has 3 fully saturated rings. The number of nitrogens with zero attached hydrogens (tertiary/aromatic N) is 5. The number of rotatable bonds is 3. The molecule has 0 unspecified atom stereocenters. The first kappa shape index (κ1) is 14.4. The molecule has 9 heteroatoms. The standard InChI is InChI=1S/C15H14ClN5O2S/c1-24(22,23)14-12(16)2-10-6-18-21(13(10)19-14)11-7-17-20(8-11)15-3-9(4-15)5-15/h2,6-9H,3-5H2,1H3. The van der Waals surface area contributed by atoms with Crippen molar-refractivity contribution in [1.29, 1.82) is 0 Å². The second kappa shape index (κ2) is 4.37. The summed E-state index contributed by atoms with van der Waals surface area (Å²) in [6.07, 6.45) is 9.99. The summed E-state index contributed by atoms with van der Waals surface area (Å²) in [5.41, 5.74) is 1.42. The van der Waals surface area contributed by atoms with Crippen molar-refractivity contribution in [2.45, 2.75) is 29.8 Å². The van der Waals surface area contributed by atoms with Crippen molar-refractivity contribution in [3.8, 4) is 5.69 Å². The van der Waals surface area contributed by atoms with Crippen LogP contribution in [0, 0.1) is 5.92 Å². The van der Waals surface area contributed by atoms with Crippen molar-refractivity contribution in [2.24, 2.45) is 5.92 Å². The van der Waals surface area contributed by atoms with Gasteiger partial charge in [0.1, 0.15) is 5.69 Å². The summed E-state index contributed by atoms with van der Waals surface area (Å²) in [6, 6.07) is 1.58. The molecule has 0 spiro atoms. The van der Waals surface area contributed by atoms with Crippen LogP contribution in [0.4, 0.5) is 0 Å². The molecule has 3 saturated carbocycles. The third-order valence-electron chi connectivity index (χ3n) is 5.12. The largest absolute Gasteiger partial charge is 0.264 e. The van der Waals surface area contributed by atoms with Gasteiger partial charge >= 0.3 is 0 Å². The highest BCUT2D eigenvalue weighted by Crippen LogP contribution is 2.62. The van der Waals surface area contributed by atoms with Gasteiger partial charge in [-0.1, -0.05) is 11.6 Å². The highest BCUT2D eigenvalue weighted by molar-refractivity contribution is 7.90. The maximum absolute atomic E-state index is 11.9. The number of hydrogen-bond donors (Lipinski definition) is 0. The van der Waals surface area contributed by atoms with E-state index in [1.165, 1.54) is 19.3 Å². The van der Waals surface area contributed by atoms with Crippen LogP contribution in [0.1, 0.15) is 19.3 Å². The zero-order valence-corrected chi connectivity index (χ0v) is 14.4. The Morgan fingerprint density at radius 1 is 1.25 bits per heavy atom. The Bertz CT molecular complexity index is 1080. The van der Waals surface area contributed by atoms with E-state index in [1.807, 2.05) is 10.9 Å². The predicted molar refractivity (Wildman–Crippen MR) is 88.1 cm³/mol. The summed E-state index contributed by atoms with van der Waals surface area (Å²) in [7, 11) is -3.51. The van der Waals surface area contributed by atoms with Gasteiger partial charge in [-0.15, -0.1) is 0 Å². The Hall–Kier alpha value is -1.93. The van der Waals surface area contributed by atoms with E-state index in [-0.39, 0.29) is 15.6 Å². The van der Waals surface area contributed by atoms with Gasteiger partial charge in [0, 0.05) is 11.6 Å². The molecular formula is C15H14ClN5O2S. The summed E-state index contributed by atoms with van der Waals surface area (Å²) in [4.78, 5) is 4.24. The lowest BCUT2D eigenvalue weighted by Gasteiger charge is -2.61. The van der Waals surface area contributed by atoms with E-state index in [0.29, 0.717) is 11.0 Å². The fourth-order valence-corrected chi connectivity index (χ4v) is 5.01. The van der Waals surface area contributed by atoms with Gasteiger partial charge in [-0.2, -0.15) is 10.2 Å². The van der Waals surface area contributed by atoms with Crippen LogP contribution in [-0.2, 0) is 15.4 Å². The quantitative estimate of drug-likeness (QED) is 0.712. The molecule has 3 aliphatic carbocycles. The molecule has 6 rings (SSSR count). The highest BCUT2D eigenvalue weighted by atomic mass is 35.5. The van der Waals surface area contributed by atoms with E-state index in [4.69, 9.17) is 11.6 Å². The van der Waals surface area contributed by atoms with Crippen molar-refractivity contribution in [3.05, 3.63) is 29.7 Å². The third kappa shape index (κ3) is 1.83. The summed E-state index contributed by atoms with van der Waals surface area (Å²) in [5.74, 6) is 0.865. The van der Waals surface area contributed by atoms with Gasteiger partial charge in [-0.05, 0) is 31.2 Å². The maximum atomic E-state index is 11.9. The van der Waals surface area contributed by atoms with Gasteiger partial charge in [0.25, 0.3) is 0 Å². The highest BCUT2D eigenvalue weighted by Gasteiger charge is 2.58. The molecule has 7 nitrogen and oxygen atoms in total. The lowest BCUT2D eigenvalue weighted by atomic mass is 9.50. The van der Waals surface area contributed by atoms with Crippen LogP contribution in [-0.4, -0.2) is 39.2 Å². The lowest BCUT2D eigenvalue weighted by molar-refractivity contribution is -0.0977. The molecular weight excluding hydrogens is 350 g/mol. The van der Waals surface area contributed by atoms with Crippen LogP contribution in [0.2, 0.25) is 5.02 Å². The van der Waals surface area contributed by atoms with Gasteiger partial charge in [0.05, 0.1) is 29.2 Å². The molecule has 3 aliphatic rings. The fourth-order valence-electron chi connectivity index (χ4n) is 3.76. The first-order chi connectivity index (χ1) is 11.4. The first-order valence-corrected chi connectivity index (χ1v) is 9.93. The van der Waals surface area contributed by atoms with Crippen molar-refractivity contribution in [2.75, 3.05) is 6.26 Å². The van der Waals surface area contributed by atoms with Gasteiger partial charge in [-0.3, -0.25) is 4.68 Å². The number of aromatic nitrogens is 5. The molecule has 0 aliphatic heterocycles. The SMILES string of the molecule is CS(=O)(=O)c1nc2c(cnn2-c2cnn(C34CC(C3)C4)c2)cc1Cl. The molecule has 0 amide bonds. The van der Waals surface area contributed by atoms with Crippen LogP contribution in [0.5, 0.6) is 0 Å². The van der Waals surface area contributed by atoms with Crippen molar-refractivity contribution >= 4 is 32.5 Å². The second-order valence-electron chi connectivity index (χ2n) is 6.86. The molecule has 3 heterocycles. The van der Waals surface area contributed by atoms with Gasteiger partial charge in [0.2, 0.25) is 0 Å². The van der Waals surface area contributed by atoms with E-state index in [0.717, 1.165) is 17.9 Å². The molecule has 3 aromatic heterocycles. The van der Waals surface area contributed by atoms with Crippen LogP contribution in [0.3, 0.4) is 0 Å². The predicted octanol–water partition coefficient (Wildman–Crippen LogP) is 2.18. The van der Waals surface area contributed by atoms with E-state index < -0.39 is 9.84 Å². The van der Waals surface area contributed by atoms with Crippen molar-refractivity contribution in [1.82, 2.24) is 24.5 Å². The smallest absolute Gasteiger partial charge is 0.194 e. The Labute approximate surface area is 143 Å². The molecule has 0 saturated heterocycles. The average molecular weight is 364 g/mol. The zero-order chi connectivity index (χ0) is 16.7. The molecule has 3 aromatic rings. The van der Waals surface area contributed by atoms with E-state index in [1.54, 1.807) is 23.1 Å². The average Bonchev–Trinajstić information content (AvgIpc) is 2.99. The van der Waals surface area contributed by atoms with Crippen LogP contribution in [0.25, 0.3) is 16.7 Å². The minimum absolute atomic E-state index is 0.106. The van der Waals surface area contributed by atoms with Crippen molar-refractivity contribution < 1.29 is 8.42 Å². The molecule has 124 valence electrons. The molecule has 0 aromatic carbocycles. The maximum Gasteiger partial charge on any atom is 0.194 e. The number of sulfone groups is 1. The lowest BCUT2D eigenvalue weighted by Crippen LogP contribution is -2.59. The van der Waals surface area contributed by atoms with Gasteiger partial charge in [0.15, 0.2) is 20.5 Å². The molecule has 24 heavy (non-hydrogen) atoms. The number of hydrogen-bond acceptors (Lipinski definition) is 5. The van der Waals surface area contributed by atoms with Gasteiger partial charge < -0.3 is 0 Å². The van der Waals surface area contributed by atoms with E-state index in [2.05, 4.69) is 15.2 Å². The van der Waals surface area contributed by atoms with Crippen LogP contribution in [0.15, 0.2) is 29.7 Å². The topological polar surface area (TPSA) is 82.7 Å². The number of halogens is 1. The van der Waals surface area contributed by atoms with E-state index >= 15 is 0 Å².